The number of likely N-dealkylation sites (tertiary alicyclic amines) is 1. The van der Waals surface area contributed by atoms with Crippen LogP contribution in [0.4, 0.5) is 13.2 Å². The van der Waals surface area contributed by atoms with Crippen molar-refractivity contribution >= 4 is 17.3 Å². The summed E-state index contributed by atoms with van der Waals surface area (Å²) in [5.41, 5.74) is 1.41. The Hall–Kier alpha value is -1.16. The van der Waals surface area contributed by atoms with Gasteiger partial charge in [-0.3, -0.25) is 4.90 Å². The van der Waals surface area contributed by atoms with E-state index in [0.29, 0.717) is 18.1 Å². The lowest BCUT2D eigenvalue weighted by molar-refractivity contribution is -0.192. The minimum absolute atomic E-state index is 0.353. The van der Waals surface area contributed by atoms with Crippen molar-refractivity contribution in [3.05, 3.63) is 22.4 Å². The zero-order valence-electron chi connectivity index (χ0n) is 12.5. The van der Waals surface area contributed by atoms with Crippen LogP contribution in [0.5, 0.6) is 0 Å². The number of hydrogen-bond donors (Lipinski definition) is 1. The lowest BCUT2D eigenvalue weighted by Crippen LogP contribution is -2.32. The minimum atomic E-state index is -5.08. The van der Waals surface area contributed by atoms with Gasteiger partial charge in [0.1, 0.15) is 0 Å². The maximum atomic E-state index is 10.6. The van der Waals surface area contributed by atoms with Gasteiger partial charge in [-0.2, -0.15) is 24.5 Å². The molecule has 3 atom stereocenters. The SMILES string of the molecule is CO[C@H]1CN(Cc2ccsc2)[C@@H]2COC[C@H]12.O=C(O)C(F)(F)F. The van der Waals surface area contributed by atoms with Gasteiger partial charge in [0.25, 0.3) is 0 Å². The molecule has 0 spiro atoms. The van der Waals surface area contributed by atoms with Crippen LogP contribution in [0.3, 0.4) is 0 Å². The second-order valence-corrected chi connectivity index (χ2v) is 6.19. The van der Waals surface area contributed by atoms with E-state index in [1.165, 1.54) is 5.56 Å². The number of ether oxygens (including phenoxy) is 2. The monoisotopic (exact) mass is 353 g/mol. The summed E-state index contributed by atoms with van der Waals surface area (Å²) in [5.74, 6) is -2.18. The average molecular weight is 353 g/mol. The van der Waals surface area contributed by atoms with E-state index in [0.717, 1.165) is 26.3 Å². The van der Waals surface area contributed by atoms with Crippen molar-refractivity contribution in [2.75, 3.05) is 26.9 Å². The molecular weight excluding hydrogens is 335 g/mol. The van der Waals surface area contributed by atoms with E-state index in [-0.39, 0.29) is 0 Å². The molecule has 3 rings (SSSR count). The van der Waals surface area contributed by atoms with Crippen molar-refractivity contribution in [1.29, 1.82) is 0 Å². The number of hydrogen-bond acceptors (Lipinski definition) is 5. The summed E-state index contributed by atoms with van der Waals surface area (Å²) in [6.07, 6.45) is -4.73. The first-order valence-electron chi connectivity index (χ1n) is 6.98. The summed E-state index contributed by atoms with van der Waals surface area (Å²) in [7, 11) is 1.81. The molecule has 0 radical (unpaired) electrons. The maximum Gasteiger partial charge on any atom is 0.490 e. The number of methoxy groups -OCH3 is 1. The Bertz CT molecular complexity index is 509. The molecule has 1 aromatic heterocycles. The fraction of sp³-hybridized carbons (Fsp3) is 0.643. The van der Waals surface area contributed by atoms with E-state index in [1.807, 2.05) is 7.11 Å². The molecule has 2 aliphatic heterocycles. The Labute approximate surface area is 135 Å². The van der Waals surface area contributed by atoms with E-state index >= 15 is 0 Å². The molecule has 0 aromatic carbocycles. The van der Waals surface area contributed by atoms with Crippen molar-refractivity contribution in [1.82, 2.24) is 4.90 Å². The van der Waals surface area contributed by atoms with Crippen molar-refractivity contribution in [3.8, 4) is 0 Å². The van der Waals surface area contributed by atoms with Crippen molar-refractivity contribution in [3.63, 3.8) is 0 Å². The number of rotatable bonds is 3. The molecule has 5 nitrogen and oxygen atoms in total. The predicted octanol–water partition coefficient (Wildman–Crippen LogP) is 2.23. The highest BCUT2D eigenvalue weighted by Gasteiger charge is 2.45. The largest absolute Gasteiger partial charge is 0.490 e. The van der Waals surface area contributed by atoms with E-state index in [1.54, 1.807) is 11.3 Å². The van der Waals surface area contributed by atoms with Gasteiger partial charge < -0.3 is 14.6 Å². The fourth-order valence-electron chi connectivity index (χ4n) is 2.84. The van der Waals surface area contributed by atoms with Gasteiger partial charge in [0.15, 0.2) is 0 Å². The minimum Gasteiger partial charge on any atom is -0.475 e. The number of carboxylic acid groups (broad SMARTS) is 1. The maximum absolute atomic E-state index is 10.6. The molecule has 3 heterocycles. The standard InChI is InChI=1S/C12H17NO2S.C2HF3O2/c1-14-12-5-13(4-9-2-3-16-8-9)11-7-15-6-10(11)12;3-2(4,5)1(6)7/h2-3,8,10-12H,4-7H2,1H3;(H,6,7)/t10-,11+,12-;/m0./s1. The molecule has 0 saturated carbocycles. The summed E-state index contributed by atoms with van der Waals surface area (Å²) in [4.78, 5) is 11.4. The third-order valence-corrected chi connectivity index (χ3v) is 4.70. The summed E-state index contributed by atoms with van der Waals surface area (Å²) >= 11 is 1.77. The van der Waals surface area contributed by atoms with Gasteiger partial charge in [-0.15, -0.1) is 0 Å². The molecule has 130 valence electrons. The third kappa shape index (κ3) is 4.66. The van der Waals surface area contributed by atoms with Crippen LogP contribution in [0.15, 0.2) is 16.8 Å². The van der Waals surface area contributed by atoms with Crippen LogP contribution in [0.2, 0.25) is 0 Å². The fourth-order valence-corrected chi connectivity index (χ4v) is 3.50. The molecule has 2 aliphatic rings. The van der Waals surface area contributed by atoms with Crippen LogP contribution in [0.25, 0.3) is 0 Å². The number of thiophene rings is 1. The van der Waals surface area contributed by atoms with Crippen molar-refractivity contribution in [2.24, 2.45) is 5.92 Å². The molecule has 1 aromatic rings. The van der Waals surface area contributed by atoms with Gasteiger partial charge >= 0.3 is 12.1 Å². The first-order chi connectivity index (χ1) is 10.8. The molecular formula is C14H18F3NO4S. The average Bonchev–Trinajstić information content (AvgIpc) is 3.17. The zero-order chi connectivity index (χ0) is 17.0. The molecule has 0 aliphatic carbocycles. The van der Waals surface area contributed by atoms with Gasteiger partial charge in [-0.05, 0) is 22.4 Å². The predicted molar refractivity (Wildman–Crippen MR) is 77.3 cm³/mol. The van der Waals surface area contributed by atoms with E-state index in [9.17, 15) is 13.2 Å². The topological polar surface area (TPSA) is 59.0 Å². The number of aliphatic carboxylic acids is 1. The number of alkyl halides is 3. The lowest BCUT2D eigenvalue weighted by Gasteiger charge is -2.21. The quantitative estimate of drug-likeness (QED) is 0.903. The smallest absolute Gasteiger partial charge is 0.475 e. The Morgan fingerprint density at radius 1 is 1.52 bits per heavy atom. The molecule has 0 amide bonds. The Morgan fingerprint density at radius 3 is 2.74 bits per heavy atom. The first kappa shape index (κ1) is 18.2. The number of fused-ring (bicyclic) bond motifs is 1. The van der Waals surface area contributed by atoms with Gasteiger partial charge in [-0.1, -0.05) is 0 Å². The van der Waals surface area contributed by atoms with Crippen LogP contribution in [0.1, 0.15) is 5.56 Å². The van der Waals surface area contributed by atoms with Crippen LogP contribution in [0, 0.1) is 5.92 Å². The molecule has 0 bridgehead atoms. The summed E-state index contributed by atoms with van der Waals surface area (Å²) < 4.78 is 42.9. The third-order valence-electron chi connectivity index (χ3n) is 3.97. The highest BCUT2D eigenvalue weighted by Crippen LogP contribution is 2.32. The van der Waals surface area contributed by atoms with Crippen LogP contribution < -0.4 is 0 Å². The van der Waals surface area contributed by atoms with E-state index in [4.69, 9.17) is 19.4 Å². The number of carbonyl (C=O) groups is 1. The number of nitrogens with zero attached hydrogens (tertiary/aromatic N) is 1. The molecule has 2 fully saturated rings. The summed E-state index contributed by atoms with van der Waals surface area (Å²) in [6, 6.07) is 2.76. The van der Waals surface area contributed by atoms with Crippen LogP contribution in [-0.2, 0) is 20.8 Å². The zero-order valence-corrected chi connectivity index (χ0v) is 13.3. The van der Waals surface area contributed by atoms with Gasteiger partial charge in [0.2, 0.25) is 0 Å². The lowest BCUT2D eigenvalue weighted by atomic mass is 10.0. The Balaban J connectivity index is 0.000000236. The van der Waals surface area contributed by atoms with Crippen molar-refractivity contribution < 1.29 is 32.5 Å². The molecule has 0 unspecified atom stereocenters. The van der Waals surface area contributed by atoms with E-state index in [2.05, 4.69) is 21.7 Å². The molecule has 2 saturated heterocycles. The summed E-state index contributed by atoms with van der Waals surface area (Å²) in [6.45, 7) is 3.82. The second kappa shape index (κ2) is 7.61. The van der Waals surface area contributed by atoms with E-state index < -0.39 is 12.1 Å². The Kier molecular flexibility index (Phi) is 6.01. The van der Waals surface area contributed by atoms with Gasteiger partial charge in [0.05, 0.1) is 19.3 Å². The van der Waals surface area contributed by atoms with Gasteiger partial charge in [-0.25, -0.2) is 4.79 Å². The molecule has 1 N–H and O–H groups in total. The molecule has 23 heavy (non-hydrogen) atoms. The van der Waals surface area contributed by atoms with Gasteiger partial charge in [0, 0.05) is 32.2 Å². The highest BCUT2D eigenvalue weighted by atomic mass is 32.1. The van der Waals surface area contributed by atoms with Crippen molar-refractivity contribution in [2.45, 2.75) is 24.9 Å². The molecule has 9 heteroatoms. The number of halogens is 3. The normalized spacial score (nSPS) is 27.4. The summed E-state index contributed by atoms with van der Waals surface area (Å²) in [5, 5.41) is 11.5. The first-order valence-corrected chi connectivity index (χ1v) is 7.93. The number of carboxylic acids is 1. The van der Waals surface area contributed by atoms with Crippen LogP contribution in [-0.4, -0.2) is 61.2 Å². The highest BCUT2D eigenvalue weighted by molar-refractivity contribution is 7.07. The second-order valence-electron chi connectivity index (χ2n) is 5.41. The Morgan fingerprint density at radius 2 is 2.22 bits per heavy atom. The van der Waals surface area contributed by atoms with Crippen LogP contribution >= 0.6 is 11.3 Å².